The summed E-state index contributed by atoms with van der Waals surface area (Å²) < 4.78 is 0. The van der Waals surface area contributed by atoms with E-state index in [1.807, 2.05) is 12.1 Å². The summed E-state index contributed by atoms with van der Waals surface area (Å²) in [6.45, 7) is 3.67. The van der Waals surface area contributed by atoms with E-state index in [2.05, 4.69) is 43.4 Å². The lowest BCUT2D eigenvalue weighted by molar-refractivity contribution is 0.0928. The number of anilines is 1. The van der Waals surface area contributed by atoms with E-state index < -0.39 is 0 Å². The first kappa shape index (κ1) is 16.7. The molecule has 8 heteroatoms. The lowest BCUT2D eigenvalue weighted by Crippen LogP contribution is -2.48. The van der Waals surface area contributed by atoms with E-state index in [9.17, 15) is 4.79 Å². The number of H-pyrrole nitrogens is 1. The molecule has 1 saturated heterocycles. The van der Waals surface area contributed by atoms with Crippen molar-refractivity contribution in [2.24, 2.45) is 0 Å². The minimum absolute atomic E-state index is 0.0594. The molecule has 1 aliphatic heterocycles. The minimum atomic E-state index is -0.151. The Kier molecular flexibility index (Phi) is 4.66. The van der Waals surface area contributed by atoms with Crippen LogP contribution in [0.3, 0.4) is 0 Å². The summed E-state index contributed by atoms with van der Waals surface area (Å²) in [7, 11) is 0. The van der Waals surface area contributed by atoms with Crippen molar-refractivity contribution in [2.45, 2.75) is 25.8 Å². The first-order valence-corrected chi connectivity index (χ1v) is 9.46. The van der Waals surface area contributed by atoms with E-state index in [1.165, 1.54) is 4.88 Å². The van der Waals surface area contributed by atoms with Crippen LogP contribution in [0.2, 0.25) is 0 Å². The quantitative estimate of drug-likeness (QED) is 0.739. The van der Waals surface area contributed by atoms with Crippen molar-refractivity contribution in [3.63, 3.8) is 0 Å². The van der Waals surface area contributed by atoms with Gasteiger partial charge in [-0.1, -0.05) is 0 Å². The molecule has 0 aliphatic carbocycles. The number of hydrogen-bond donors (Lipinski definition) is 2. The molecule has 2 N–H and O–H groups in total. The van der Waals surface area contributed by atoms with Crippen LogP contribution in [-0.2, 0) is 0 Å². The number of carbonyl (C=O) groups excluding carboxylic acids is 1. The van der Waals surface area contributed by atoms with Crippen LogP contribution in [0.25, 0.3) is 10.6 Å². The number of thiophene rings is 1. The van der Waals surface area contributed by atoms with Crippen molar-refractivity contribution < 1.29 is 4.79 Å². The second-order valence-electron chi connectivity index (χ2n) is 6.38. The number of aromatic nitrogens is 4. The first-order valence-electron chi connectivity index (χ1n) is 8.64. The topological polar surface area (TPSA) is 86.8 Å². The highest BCUT2D eigenvalue weighted by Crippen LogP contribution is 2.26. The Morgan fingerprint density at radius 1 is 1.35 bits per heavy atom. The van der Waals surface area contributed by atoms with Crippen molar-refractivity contribution in [1.82, 2.24) is 25.5 Å². The van der Waals surface area contributed by atoms with Gasteiger partial charge in [-0.05, 0) is 44.0 Å². The molecule has 0 aromatic carbocycles. The standard InChI is InChI=1S/C18H20N6OS/c1-12-5-6-16(26-12)14-10-15(23-22-14)17(25)21-13-4-2-9-24(11-13)18-19-7-3-8-20-18/h3,5-8,10,13H,2,4,9,11H2,1H3,(H,21,25)(H,22,23). The van der Waals surface area contributed by atoms with E-state index >= 15 is 0 Å². The van der Waals surface area contributed by atoms with Crippen molar-refractivity contribution in [2.75, 3.05) is 18.0 Å². The van der Waals surface area contributed by atoms with E-state index in [4.69, 9.17) is 0 Å². The maximum absolute atomic E-state index is 12.6. The number of amides is 1. The van der Waals surface area contributed by atoms with Gasteiger partial charge in [0.15, 0.2) is 5.69 Å². The van der Waals surface area contributed by atoms with Crippen molar-refractivity contribution in [3.8, 4) is 10.6 Å². The molecule has 3 aromatic heterocycles. The van der Waals surface area contributed by atoms with Crippen LogP contribution >= 0.6 is 11.3 Å². The van der Waals surface area contributed by atoms with Crippen LogP contribution in [0.5, 0.6) is 0 Å². The Balaban J connectivity index is 1.41. The van der Waals surface area contributed by atoms with E-state index in [0.29, 0.717) is 18.2 Å². The normalized spacial score (nSPS) is 17.3. The maximum atomic E-state index is 12.6. The van der Waals surface area contributed by atoms with E-state index in [-0.39, 0.29) is 11.9 Å². The van der Waals surface area contributed by atoms with Gasteiger partial charge in [0.1, 0.15) is 0 Å². The van der Waals surface area contributed by atoms with Gasteiger partial charge in [0, 0.05) is 36.4 Å². The number of nitrogens with zero attached hydrogens (tertiary/aromatic N) is 4. The highest BCUT2D eigenvalue weighted by molar-refractivity contribution is 7.15. The number of rotatable bonds is 4. The van der Waals surface area contributed by atoms with Crippen LogP contribution in [0, 0.1) is 6.92 Å². The number of aromatic amines is 1. The monoisotopic (exact) mass is 368 g/mol. The van der Waals surface area contributed by atoms with E-state index in [0.717, 1.165) is 30.0 Å². The fourth-order valence-electron chi connectivity index (χ4n) is 3.13. The summed E-state index contributed by atoms with van der Waals surface area (Å²) in [4.78, 5) is 25.6. The van der Waals surface area contributed by atoms with Gasteiger partial charge >= 0.3 is 0 Å². The molecule has 7 nitrogen and oxygen atoms in total. The average molecular weight is 368 g/mol. The van der Waals surface area contributed by atoms with Gasteiger partial charge in [-0.2, -0.15) is 5.10 Å². The van der Waals surface area contributed by atoms with Crippen LogP contribution in [-0.4, -0.2) is 45.2 Å². The highest BCUT2D eigenvalue weighted by atomic mass is 32.1. The molecular weight excluding hydrogens is 348 g/mol. The number of piperidine rings is 1. The van der Waals surface area contributed by atoms with Crippen molar-refractivity contribution in [1.29, 1.82) is 0 Å². The third-order valence-electron chi connectivity index (χ3n) is 4.41. The van der Waals surface area contributed by atoms with Crippen LogP contribution in [0.15, 0.2) is 36.7 Å². The van der Waals surface area contributed by atoms with Gasteiger partial charge in [-0.25, -0.2) is 9.97 Å². The summed E-state index contributed by atoms with van der Waals surface area (Å²) in [6.07, 6.45) is 5.41. The molecule has 1 fully saturated rings. The number of hydrogen-bond acceptors (Lipinski definition) is 6. The largest absolute Gasteiger partial charge is 0.346 e. The number of aryl methyl sites for hydroxylation is 1. The Hall–Kier alpha value is -2.74. The molecule has 4 heterocycles. The fraction of sp³-hybridized carbons (Fsp3) is 0.333. The smallest absolute Gasteiger partial charge is 0.272 e. The molecule has 1 amide bonds. The molecule has 1 atom stereocenters. The highest BCUT2D eigenvalue weighted by Gasteiger charge is 2.24. The summed E-state index contributed by atoms with van der Waals surface area (Å²) in [5, 5.41) is 10.2. The van der Waals surface area contributed by atoms with Crippen LogP contribution in [0.1, 0.15) is 28.2 Å². The molecular formula is C18H20N6OS. The second kappa shape index (κ2) is 7.25. The molecule has 0 saturated carbocycles. The zero-order valence-corrected chi connectivity index (χ0v) is 15.3. The molecule has 1 unspecified atom stereocenters. The molecule has 0 spiro atoms. The van der Waals surface area contributed by atoms with Gasteiger partial charge < -0.3 is 10.2 Å². The van der Waals surface area contributed by atoms with Gasteiger partial charge in [0.2, 0.25) is 5.95 Å². The Morgan fingerprint density at radius 2 is 2.19 bits per heavy atom. The lowest BCUT2D eigenvalue weighted by Gasteiger charge is -2.32. The molecule has 3 aromatic rings. The molecule has 0 bridgehead atoms. The van der Waals surface area contributed by atoms with Gasteiger partial charge in [-0.3, -0.25) is 9.89 Å². The zero-order chi connectivity index (χ0) is 17.9. The Morgan fingerprint density at radius 3 is 2.96 bits per heavy atom. The third kappa shape index (κ3) is 3.60. The zero-order valence-electron chi connectivity index (χ0n) is 14.5. The Labute approximate surface area is 155 Å². The third-order valence-corrected chi connectivity index (χ3v) is 5.44. The minimum Gasteiger partial charge on any atom is -0.346 e. The predicted molar refractivity (Wildman–Crippen MR) is 101 cm³/mol. The van der Waals surface area contributed by atoms with Gasteiger partial charge in [0.05, 0.1) is 10.6 Å². The number of carbonyl (C=O) groups is 1. The molecule has 134 valence electrons. The summed E-state index contributed by atoms with van der Waals surface area (Å²) in [6, 6.07) is 7.76. The first-order chi connectivity index (χ1) is 12.7. The fourth-order valence-corrected chi connectivity index (χ4v) is 3.97. The van der Waals surface area contributed by atoms with Crippen molar-refractivity contribution >= 4 is 23.2 Å². The maximum Gasteiger partial charge on any atom is 0.272 e. The average Bonchev–Trinajstić information content (AvgIpc) is 3.32. The summed E-state index contributed by atoms with van der Waals surface area (Å²) in [5.74, 6) is 0.558. The van der Waals surface area contributed by atoms with E-state index in [1.54, 1.807) is 29.8 Å². The molecule has 4 rings (SSSR count). The molecule has 26 heavy (non-hydrogen) atoms. The van der Waals surface area contributed by atoms with Gasteiger partial charge in [-0.15, -0.1) is 11.3 Å². The van der Waals surface area contributed by atoms with Gasteiger partial charge in [0.25, 0.3) is 5.91 Å². The molecule has 0 radical (unpaired) electrons. The predicted octanol–water partition coefficient (Wildman–Crippen LogP) is 2.64. The van der Waals surface area contributed by atoms with Crippen molar-refractivity contribution in [3.05, 3.63) is 47.2 Å². The summed E-state index contributed by atoms with van der Waals surface area (Å²) >= 11 is 1.68. The molecule has 1 aliphatic rings. The second-order valence-corrected chi connectivity index (χ2v) is 7.67. The SMILES string of the molecule is Cc1ccc(-c2cc(C(=O)NC3CCCN(c4ncccn4)C3)n[nH]2)s1. The Bertz CT molecular complexity index is 890. The lowest BCUT2D eigenvalue weighted by atomic mass is 10.1. The van der Waals surface area contributed by atoms with Crippen LogP contribution < -0.4 is 10.2 Å². The van der Waals surface area contributed by atoms with Crippen LogP contribution in [0.4, 0.5) is 5.95 Å². The summed E-state index contributed by atoms with van der Waals surface area (Å²) in [5.41, 5.74) is 1.29. The number of nitrogens with one attached hydrogen (secondary N) is 2.